The molecule has 2 unspecified atom stereocenters. The number of thiazole rings is 1. The maximum Gasteiger partial charge on any atom is 0.326 e. The van der Waals surface area contributed by atoms with Gasteiger partial charge in [0, 0.05) is 31.1 Å². The Bertz CT molecular complexity index is 422. The monoisotopic (exact) mass is 285 g/mol. The van der Waals surface area contributed by atoms with Crippen LogP contribution in [-0.4, -0.2) is 46.6 Å². The highest BCUT2D eigenvalue weighted by molar-refractivity contribution is 7.09. The number of urea groups is 1. The standard InChI is InChI=1S/C12H19N3O3S/c1-4-9(11(16)17)15(3)12(18)14-7-8(2)10-13-5-6-19-10/h5-6,8-9H,4,7H2,1-3H3,(H,14,18)(H,16,17). The first-order valence-corrected chi connectivity index (χ1v) is 6.98. The summed E-state index contributed by atoms with van der Waals surface area (Å²) in [7, 11) is 1.49. The first-order chi connectivity index (χ1) is 8.97. The number of rotatable bonds is 6. The van der Waals surface area contributed by atoms with Crippen LogP contribution in [0.4, 0.5) is 4.79 Å². The van der Waals surface area contributed by atoms with Gasteiger partial charge in [-0.3, -0.25) is 0 Å². The SMILES string of the molecule is CCC(C(=O)O)N(C)C(=O)NCC(C)c1nccs1. The number of hydrogen-bond acceptors (Lipinski definition) is 4. The Labute approximate surface area is 116 Å². The molecular formula is C12H19N3O3S. The molecule has 1 aromatic rings. The Hall–Kier alpha value is -1.63. The molecule has 0 spiro atoms. The van der Waals surface area contributed by atoms with E-state index in [2.05, 4.69) is 10.3 Å². The third-order valence-corrected chi connectivity index (χ3v) is 3.90. The van der Waals surface area contributed by atoms with Crippen molar-refractivity contribution in [3.05, 3.63) is 16.6 Å². The summed E-state index contributed by atoms with van der Waals surface area (Å²) in [5.41, 5.74) is 0. The molecule has 1 heterocycles. The smallest absolute Gasteiger partial charge is 0.326 e. The number of nitrogens with one attached hydrogen (secondary N) is 1. The molecule has 106 valence electrons. The molecule has 7 heteroatoms. The summed E-state index contributed by atoms with van der Waals surface area (Å²) >= 11 is 1.54. The topological polar surface area (TPSA) is 82.5 Å². The molecule has 2 amide bonds. The highest BCUT2D eigenvalue weighted by atomic mass is 32.1. The van der Waals surface area contributed by atoms with E-state index in [1.54, 1.807) is 13.1 Å². The zero-order valence-corrected chi connectivity index (χ0v) is 12.1. The lowest BCUT2D eigenvalue weighted by molar-refractivity contribution is -0.141. The van der Waals surface area contributed by atoms with Gasteiger partial charge in [-0.05, 0) is 6.42 Å². The molecule has 1 rings (SSSR count). The Kier molecular flexibility index (Phi) is 5.75. The number of nitrogens with zero attached hydrogens (tertiary/aromatic N) is 2. The lowest BCUT2D eigenvalue weighted by Gasteiger charge is -2.24. The summed E-state index contributed by atoms with van der Waals surface area (Å²) in [6.07, 6.45) is 2.10. The summed E-state index contributed by atoms with van der Waals surface area (Å²) < 4.78 is 0. The molecule has 0 radical (unpaired) electrons. The molecule has 0 aliphatic rings. The normalized spacial score (nSPS) is 13.6. The zero-order chi connectivity index (χ0) is 14.4. The number of carbonyl (C=O) groups excluding carboxylic acids is 1. The summed E-state index contributed by atoms with van der Waals surface area (Å²) in [6, 6.07) is -1.17. The van der Waals surface area contributed by atoms with Crippen molar-refractivity contribution in [2.75, 3.05) is 13.6 Å². The fourth-order valence-corrected chi connectivity index (χ4v) is 2.38. The highest BCUT2D eigenvalue weighted by Crippen LogP contribution is 2.16. The number of carboxylic acids is 1. The van der Waals surface area contributed by atoms with Crippen LogP contribution in [0.3, 0.4) is 0 Å². The van der Waals surface area contributed by atoms with Crippen molar-refractivity contribution < 1.29 is 14.7 Å². The Morgan fingerprint density at radius 2 is 2.26 bits per heavy atom. The average Bonchev–Trinajstić information content (AvgIpc) is 2.89. The van der Waals surface area contributed by atoms with Crippen LogP contribution < -0.4 is 5.32 Å². The van der Waals surface area contributed by atoms with E-state index in [1.807, 2.05) is 12.3 Å². The fraction of sp³-hybridized carbons (Fsp3) is 0.583. The van der Waals surface area contributed by atoms with E-state index >= 15 is 0 Å². The van der Waals surface area contributed by atoms with E-state index in [4.69, 9.17) is 5.11 Å². The van der Waals surface area contributed by atoms with E-state index < -0.39 is 12.0 Å². The van der Waals surface area contributed by atoms with Gasteiger partial charge in [-0.1, -0.05) is 13.8 Å². The van der Waals surface area contributed by atoms with Crippen molar-refractivity contribution in [1.29, 1.82) is 0 Å². The second-order valence-corrected chi connectivity index (χ2v) is 5.26. The summed E-state index contributed by atoms with van der Waals surface area (Å²) in [4.78, 5) is 28.2. The molecule has 1 aromatic heterocycles. The third-order valence-electron chi connectivity index (χ3n) is 2.89. The predicted octanol–water partition coefficient (Wildman–Crippen LogP) is 1.75. The second-order valence-electron chi connectivity index (χ2n) is 4.33. The van der Waals surface area contributed by atoms with Gasteiger partial charge >= 0.3 is 12.0 Å². The van der Waals surface area contributed by atoms with Crippen LogP contribution in [0.5, 0.6) is 0 Å². The predicted molar refractivity (Wildman–Crippen MR) is 73.4 cm³/mol. The van der Waals surface area contributed by atoms with Crippen molar-refractivity contribution >= 4 is 23.3 Å². The number of aromatic nitrogens is 1. The van der Waals surface area contributed by atoms with Gasteiger partial charge < -0.3 is 15.3 Å². The molecule has 0 aliphatic heterocycles. The molecule has 0 saturated carbocycles. The quantitative estimate of drug-likeness (QED) is 0.834. The van der Waals surface area contributed by atoms with Crippen molar-refractivity contribution in [3.63, 3.8) is 0 Å². The number of carbonyl (C=O) groups is 2. The number of hydrogen-bond donors (Lipinski definition) is 2. The van der Waals surface area contributed by atoms with Crippen LogP contribution in [0.25, 0.3) is 0 Å². The maximum atomic E-state index is 11.9. The minimum Gasteiger partial charge on any atom is -0.480 e. The largest absolute Gasteiger partial charge is 0.480 e. The minimum atomic E-state index is -0.992. The molecule has 0 saturated heterocycles. The first-order valence-electron chi connectivity index (χ1n) is 6.10. The van der Waals surface area contributed by atoms with E-state index in [-0.39, 0.29) is 11.9 Å². The second kappa shape index (κ2) is 7.08. The molecule has 2 atom stereocenters. The van der Waals surface area contributed by atoms with Gasteiger partial charge in [0.05, 0.1) is 5.01 Å². The molecule has 0 aromatic carbocycles. The molecule has 19 heavy (non-hydrogen) atoms. The molecule has 6 nitrogen and oxygen atoms in total. The van der Waals surface area contributed by atoms with Gasteiger partial charge in [0.1, 0.15) is 6.04 Å². The number of amides is 2. The van der Waals surface area contributed by atoms with Gasteiger partial charge in [-0.2, -0.15) is 0 Å². The van der Waals surface area contributed by atoms with Crippen LogP contribution in [-0.2, 0) is 4.79 Å². The Morgan fingerprint density at radius 1 is 1.58 bits per heavy atom. The van der Waals surface area contributed by atoms with Crippen molar-refractivity contribution in [2.24, 2.45) is 0 Å². The van der Waals surface area contributed by atoms with E-state index in [0.29, 0.717) is 13.0 Å². The number of carboxylic acid groups (broad SMARTS) is 1. The van der Waals surface area contributed by atoms with Crippen molar-refractivity contribution in [1.82, 2.24) is 15.2 Å². The van der Waals surface area contributed by atoms with Gasteiger partial charge in [0.2, 0.25) is 0 Å². The summed E-state index contributed by atoms with van der Waals surface area (Å²) in [5.74, 6) is -0.879. The van der Waals surface area contributed by atoms with E-state index in [1.165, 1.54) is 23.3 Å². The Balaban J connectivity index is 2.48. The number of likely N-dealkylation sites (N-methyl/N-ethyl adjacent to an activating group) is 1. The van der Waals surface area contributed by atoms with Crippen LogP contribution in [0.2, 0.25) is 0 Å². The third kappa shape index (κ3) is 4.20. The molecule has 0 aliphatic carbocycles. The van der Waals surface area contributed by atoms with E-state index in [0.717, 1.165) is 5.01 Å². The van der Waals surface area contributed by atoms with Gasteiger partial charge in [-0.25, -0.2) is 14.6 Å². The first kappa shape index (κ1) is 15.4. The lowest BCUT2D eigenvalue weighted by Crippen LogP contribution is -2.47. The van der Waals surface area contributed by atoms with Crippen LogP contribution in [0.15, 0.2) is 11.6 Å². The molecule has 0 fully saturated rings. The van der Waals surface area contributed by atoms with Crippen molar-refractivity contribution in [3.8, 4) is 0 Å². The van der Waals surface area contributed by atoms with Gasteiger partial charge in [0.25, 0.3) is 0 Å². The zero-order valence-electron chi connectivity index (χ0n) is 11.3. The maximum absolute atomic E-state index is 11.9. The van der Waals surface area contributed by atoms with Crippen molar-refractivity contribution in [2.45, 2.75) is 32.2 Å². The highest BCUT2D eigenvalue weighted by Gasteiger charge is 2.24. The van der Waals surface area contributed by atoms with Crippen LogP contribution in [0.1, 0.15) is 31.2 Å². The lowest BCUT2D eigenvalue weighted by atomic mass is 10.2. The van der Waals surface area contributed by atoms with Crippen LogP contribution in [0, 0.1) is 0 Å². The van der Waals surface area contributed by atoms with Crippen LogP contribution >= 0.6 is 11.3 Å². The minimum absolute atomic E-state index is 0.113. The van der Waals surface area contributed by atoms with Gasteiger partial charge in [0.15, 0.2) is 0 Å². The summed E-state index contributed by atoms with van der Waals surface area (Å²) in [5, 5.41) is 14.6. The molecule has 0 bridgehead atoms. The van der Waals surface area contributed by atoms with Gasteiger partial charge in [-0.15, -0.1) is 11.3 Å². The fourth-order valence-electron chi connectivity index (χ4n) is 1.69. The van der Waals surface area contributed by atoms with E-state index in [9.17, 15) is 9.59 Å². The summed E-state index contributed by atoms with van der Waals surface area (Å²) in [6.45, 7) is 4.14. The Morgan fingerprint density at radius 3 is 2.74 bits per heavy atom. The molecule has 2 N–H and O–H groups in total. The molecular weight excluding hydrogens is 266 g/mol. The average molecular weight is 285 g/mol. The number of aliphatic carboxylic acids is 1.